The second-order valence-electron chi connectivity index (χ2n) is 7.79. The van der Waals surface area contributed by atoms with Crippen molar-refractivity contribution in [2.24, 2.45) is 5.10 Å². The lowest BCUT2D eigenvalue weighted by atomic mass is 10.0. The van der Waals surface area contributed by atoms with E-state index in [0.29, 0.717) is 22.6 Å². The van der Waals surface area contributed by atoms with Crippen LogP contribution in [0.25, 0.3) is 10.8 Å². The number of nitrogens with one attached hydrogen (secondary N) is 1. The van der Waals surface area contributed by atoms with E-state index >= 15 is 0 Å². The van der Waals surface area contributed by atoms with Gasteiger partial charge in [-0.05, 0) is 48.0 Å². The van der Waals surface area contributed by atoms with E-state index in [1.165, 1.54) is 30.5 Å². The number of hydrogen-bond donors (Lipinski definition) is 1. The maximum Gasteiger partial charge on any atom is 0.343 e. The lowest BCUT2D eigenvalue weighted by Gasteiger charge is -2.11. The van der Waals surface area contributed by atoms with Gasteiger partial charge in [0.2, 0.25) is 0 Å². The zero-order chi connectivity index (χ0) is 25.5. The molecular formula is C27H21N3O6. The molecule has 0 fully saturated rings. The Morgan fingerprint density at radius 3 is 2.53 bits per heavy atom. The van der Waals surface area contributed by atoms with Crippen LogP contribution in [0.5, 0.6) is 11.5 Å². The average molecular weight is 483 g/mol. The first kappa shape index (κ1) is 24.1. The zero-order valence-electron chi connectivity index (χ0n) is 19.2. The Balaban J connectivity index is 1.47. The molecule has 0 saturated heterocycles. The Morgan fingerprint density at radius 1 is 1.00 bits per heavy atom. The normalized spacial score (nSPS) is 10.8. The maximum absolute atomic E-state index is 12.7. The monoisotopic (exact) mass is 483 g/mol. The van der Waals surface area contributed by atoms with Crippen LogP contribution in [0.1, 0.15) is 21.5 Å². The lowest BCUT2D eigenvalue weighted by molar-refractivity contribution is -0.384. The Hall–Kier alpha value is -5.05. The highest BCUT2D eigenvalue weighted by atomic mass is 16.6. The number of fused-ring (bicyclic) bond motifs is 1. The van der Waals surface area contributed by atoms with Gasteiger partial charge in [0.25, 0.3) is 11.6 Å². The summed E-state index contributed by atoms with van der Waals surface area (Å²) in [5, 5.41) is 16.4. The van der Waals surface area contributed by atoms with E-state index in [1.54, 1.807) is 24.3 Å². The number of nitro benzene ring substituents is 1. The zero-order valence-corrected chi connectivity index (χ0v) is 19.2. The molecule has 4 rings (SSSR count). The molecule has 0 aliphatic heterocycles. The number of nitro groups is 1. The minimum atomic E-state index is -0.539. The Bertz CT molecular complexity index is 1460. The minimum absolute atomic E-state index is 0.0783. The van der Waals surface area contributed by atoms with Crippen LogP contribution in [0.15, 0.2) is 90.0 Å². The third-order valence-corrected chi connectivity index (χ3v) is 5.19. The molecule has 180 valence electrons. The molecule has 4 aromatic carbocycles. The standard InChI is InChI=1S/C27H21N3O6/c1-18-5-4-7-20(15-18)27(32)36-25-14-9-19-6-2-3-8-23(19)24(25)16-28-29-26(31)17-35-22-12-10-21(11-13-22)30(33)34/h2-16H,17H2,1H3,(H,29,31)/b28-16+. The van der Waals surface area contributed by atoms with E-state index in [2.05, 4.69) is 10.5 Å². The maximum atomic E-state index is 12.7. The summed E-state index contributed by atoms with van der Waals surface area (Å²) in [5.41, 5.74) is 4.17. The summed E-state index contributed by atoms with van der Waals surface area (Å²) in [6.45, 7) is 1.54. The van der Waals surface area contributed by atoms with Crippen LogP contribution in [-0.2, 0) is 4.79 Å². The molecule has 0 aromatic heterocycles. The SMILES string of the molecule is Cc1cccc(C(=O)Oc2ccc3ccccc3c2/C=N/NC(=O)COc2ccc([N+](=O)[O-])cc2)c1. The predicted molar refractivity (Wildman–Crippen MR) is 134 cm³/mol. The molecule has 4 aromatic rings. The minimum Gasteiger partial charge on any atom is -0.484 e. The van der Waals surface area contributed by atoms with Gasteiger partial charge in [-0.2, -0.15) is 5.10 Å². The van der Waals surface area contributed by atoms with E-state index in [9.17, 15) is 19.7 Å². The smallest absolute Gasteiger partial charge is 0.343 e. The van der Waals surface area contributed by atoms with Gasteiger partial charge >= 0.3 is 5.97 Å². The van der Waals surface area contributed by atoms with Gasteiger partial charge in [0, 0.05) is 17.7 Å². The van der Waals surface area contributed by atoms with E-state index in [0.717, 1.165) is 16.3 Å². The molecule has 9 heteroatoms. The average Bonchev–Trinajstić information content (AvgIpc) is 2.88. The fourth-order valence-electron chi connectivity index (χ4n) is 3.44. The van der Waals surface area contributed by atoms with Crippen molar-refractivity contribution in [3.8, 4) is 11.5 Å². The molecule has 0 heterocycles. The third-order valence-electron chi connectivity index (χ3n) is 5.19. The molecule has 0 spiro atoms. The van der Waals surface area contributed by atoms with Crippen LogP contribution in [-0.4, -0.2) is 29.6 Å². The molecule has 0 unspecified atom stereocenters. The molecule has 0 saturated carbocycles. The van der Waals surface area contributed by atoms with Gasteiger partial charge in [0.05, 0.1) is 16.7 Å². The fourth-order valence-corrected chi connectivity index (χ4v) is 3.44. The summed E-state index contributed by atoms with van der Waals surface area (Å²) in [7, 11) is 0. The highest BCUT2D eigenvalue weighted by Crippen LogP contribution is 2.27. The number of amides is 1. The third kappa shape index (κ3) is 5.89. The molecule has 9 nitrogen and oxygen atoms in total. The number of aryl methyl sites for hydroxylation is 1. The first-order valence-corrected chi connectivity index (χ1v) is 10.9. The summed E-state index contributed by atoms with van der Waals surface area (Å²) in [4.78, 5) is 35.1. The van der Waals surface area contributed by atoms with Crippen molar-refractivity contribution in [1.29, 1.82) is 0 Å². The molecule has 36 heavy (non-hydrogen) atoms. The van der Waals surface area contributed by atoms with Crippen LogP contribution in [0, 0.1) is 17.0 Å². The van der Waals surface area contributed by atoms with Gasteiger partial charge in [-0.25, -0.2) is 10.2 Å². The summed E-state index contributed by atoms with van der Waals surface area (Å²) >= 11 is 0. The quantitative estimate of drug-likeness (QED) is 0.126. The number of hydrogen-bond acceptors (Lipinski definition) is 7. The molecule has 0 atom stereocenters. The van der Waals surface area contributed by atoms with E-state index < -0.39 is 16.8 Å². The van der Waals surface area contributed by atoms with Crippen molar-refractivity contribution in [3.05, 3.63) is 112 Å². The second-order valence-corrected chi connectivity index (χ2v) is 7.79. The highest BCUT2D eigenvalue weighted by Gasteiger charge is 2.14. The van der Waals surface area contributed by atoms with Crippen molar-refractivity contribution in [2.45, 2.75) is 6.92 Å². The fraction of sp³-hybridized carbons (Fsp3) is 0.0741. The van der Waals surface area contributed by atoms with Gasteiger partial charge in [-0.3, -0.25) is 14.9 Å². The van der Waals surface area contributed by atoms with Gasteiger partial charge in [0.15, 0.2) is 6.61 Å². The van der Waals surface area contributed by atoms with Crippen LogP contribution in [0.4, 0.5) is 5.69 Å². The number of nitrogens with zero attached hydrogens (tertiary/aromatic N) is 2. The van der Waals surface area contributed by atoms with Gasteiger partial charge in [0.1, 0.15) is 11.5 Å². The molecule has 1 N–H and O–H groups in total. The first-order chi connectivity index (χ1) is 17.4. The number of non-ortho nitro benzene ring substituents is 1. The van der Waals surface area contributed by atoms with Gasteiger partial charge in [-0.15, -0.1) is 0 Å². The van der Waals surface area contributed by atoms with Crippen molar-refractivity contribution < 1.29 is 24.0 Å². The topological polar surface area (TPSA) is 120 Å². The van der Waals surface area contributed by atoms with Crippen molar-refractivity contribution >= 4 is 34.6 Å². The molecule has 0 radical (unpaired) electrons. The number of ether oxygens (including phenoxy) is 2. The Labute approximate surface area is 206 Å². The van der Waals surface area contributed by atoms with E-state index in [-0.39, 0.29) is 12.3 Å². The second kappa shape index (κ2) is 10.9. The van der Waals surface area contributed by atoms with Crippen LogP contribution in [0.3, 0.4) is 0 Å². The van der Waals surface area contributed by atoms with Crippen molar-refractivity contribution in [3.63, 3.8) is 0 Å². The molecule has 0 aliphatic rings. The molecule has 1 amide bonds. The van der Waals surface area contributed by atoms with Crippen molar-refractivity contribution in [2.75, 3.05) is 6.61 Å². The number of carbonyl (C=O) groups is 2. The van der Waals surface area contributed by atoms with Crippen LogP contribution >= 0.6 is 0 Å². The number of benzene rings is 4. The van der Waals surface area contributed by atoms with Crippen LogP contribution in [0.2, 0.25) is 0 Å². The van der Waals surface area contributed by atoms with Gasteiger partial charge < -0.3 is 9.47 Å². The summed E-state index contributed by atoms with van der Waals surface area (Å²) in [5.74, 6) is -0.452. The summed E-state index contributed by atoms with van der Waals surface area (Å²) in [6, 6.07) is 23.5. The van der Waals surface area contributed by atoms with Gasteiger partial charge in [-0.1, -0.05) is 48.0 Å². The Kier molecular flexibility index (Phi) is 7.30. The van der Waals surface area contributed by atoms with Crippen LogP contribution < -0.4 is 14.9 Å². The van der Waals surface area contributed by atoms with E-state index in [1.807, 2.05) is 43.3 Å². The predicted octanol–water partition coefficient (Wildman–Crippen LogP) is 4.80. The Morgan fingerprint density at radius 2 is 1.78 bits per heavy atom. The largest absolute Gasteiger partial charge is 0.484 e. The molecule has 0 bridgehead atoms. The molecular weight excluding hydrogens is 462 g/mol. The number of carbonyl (C=O) groups excluding carboxylic acids is 2. The summed E-state index contributed by atoms with van der Waals surface area (Å²) < 4.78 is 11.0. The highest BCUT2D eigenvalue weighted by molar-refractivity contribution is 6.04. The molecule has 0 aliphatic carbocycles. The van der Waals surface area contributed by atoms with E-state index in [4.69, 9.17) is 9.47 Å². The number of esters is 1. The first-order valence-electron chi connectivity index (χ1n) is 10.9. The summed E-state index contributed by atoms with van der Waals surface area (Å²) in [6.07, 6.45) is 1.41. The number of hydrazone groups is 1. The number of rotatable bonds is 8. The van der Waals surface area contributed by atoms with Crippen molar-refractivity contribution in [1.82, 2.24) is 5.43 Å². The lowest BCUT2D eigenvalue weighted by Crippen LogP contribution is -2.24.